The predicted octanol–water partition coefficient (Wildman–Crippen LogP) is 0.407. The van der Waals surface area contributed by atoms with Gasteiger partial charge in [0.15, 0.2) is 0 Å². The molecule has 7 heteroatoms. The van der Waals surface area contributed by atoms with Crippen molar-refractivity contribution in [2.75, 3.05) is 19.6 Å². The van der Waals surface area contributed by atoms with E-state index < -0.39 is 5.97 Å². The second-order valence-corrected chi connectivity index (χ2v) is 4.40. The van der Waals surface area contributed by atoms with Gasteiger partial charge < -0.3 is 20.6 Å². The topological polar surface area (TPSA) is 98.7 Å². The molecule has 0 atom stereocenters. The molecule has 3 N–H and O–H groups in total. The van der Waals surface area contributed by atoms with Gasteiger partial charge in [-0.2, -0.15) is 0 Å². The first-order valence-corrected chi connectivity index (χ1v) is 6.41. The predicted molar refractivity (Wildman–Crippen MR) is 70.8 cm³/mol. The summed E-state index contributed by atoms with van der Waals surface area (Å²) in [5.41, 5.74) is 0. The summed E-state index contributed by atoms with van der Waals surface area (Å²) in [5, 5.41) is 13.7. The number of urea groups is 1. The Bertz CT molecular complexity index is 318. The quantitative estimate of drug-likeness (QED) is 0.596. The molecular formula is C12H23N3O4. The maximum absolute atomic E-state index is 11.9. The van der Waals surface area contributed by atoms with E-state index in [1.807, 2.05) is 13.8 Å². The molecule has 19 heavy (non-hydrogen) atoms. The van der Waals surface area contributed by atoms with Crippen LogP contribution in [0.2, 0.25) is 0 Å². The fourth-order valence-corrected chi connectivity index (χ4v) is 1.51. The molecule has 0 aromatic carbocycles. The van der Waals surface area contributed by atoms with Crippen LogP contribution in [-0.2, 0) is 9.59 Å². The van der Waals surface area contributed by atoms with Crippen LogP contribution in [-0.4, -0.2) is 53.6 Å². The van der Waals surface area contributed by atoms with Crippen molar-refractivity contribution in [3.05, 3.63) is 0 Å². The molecular weight excluding hydrogens is 250 g/mol. The monoisotopic (exact) mass is 273 g/mol. The Morgan fingerprint density at radius 1 is 1.21 bits per heavy atom. The molecule has 0 aliphatic heterocycles. The van der Waals surface area contributed by atoms with Crippen molar-refractivity contribution < 1.29 is 19.5 Å². The van der Waals surface area contributed by atoms with Crippen LogP contribution in [0.15, 0.2) is 0 Å². The Kier molecular flexibility index (Phi) is 8.32. The SMILES string of the molecule is CCNC(=O)CNC(=O)N(CCCC(=O)O)C(C)C. The van der Waals surface area contributed by atoms with E-state index in [1.54, 1.807) is 6.92 Å². The van der Waals surface area contributed by atoms with E-state index >= 15 is 0 Å². The summed E-state index contributed by atoms with van der Waals surface area (Å²) in [6.07, 6.45) is 0.412. The van der Waals surface area contributed by atoms with Gasteiger partial charge in [-0.05, 0) is 27.2 Å². The van der Waals surface area contributed by atoms with E-state index in [-0.39, 0.29) is 30.9 Å². The highest BCUT2D eigenvalue weighted by Crippen LogP contribution is 2.02. The smallest absolute Gasteiger partial charge is 0.318 e. The van der Waals surface area contributed by atoms with Gasteiger partial charge in [-0.15, -0.1) is 0 Å². The normalized spacial score (nSPS) is 10.1. The van der Waals surface area contributed by atoms with Gasteiger partial charge in [-0.25, -0.2) is 4.79 Å². The standard InChI is InChI=1S/C12H23N3O4/c1-4-13-10(16)8-14-12(19)15(9(2)3)7-5-6-11(17)18/h9H,4-8H2,1-3H3,(H,13,16)(H,14,19)(H,17,18). The van der Waals surface area contributed by atoms with E-state index in [1.165, 1.54) is 4.90 Å². The number of nitrogens with one attached hydrogen (secondary N) is 2. The zero-order valence-electron chi connectivity index (χ0n) is 11.7. The van der Waals surface area contributed by atoms with Gasteiger partial charge >= 0.3 is 12.0 Å². The number of hydrogen-bond donors (Lipinski definition) is 3. The summed E-state index contributed by atoms with van der Waals surface area (Å²) in [6, 6.07) is -0.408. The molecule has 0 fully saturated rings. The number of aliphatic carboxylic acids is 1. The van der Waals surface area contributed by atoms with Gasteiger partial charge in [0, 0.05) is 25.6 Å². The van der Waals surface area contributed by atoms with Crippen LogP contribution in [0.25, 0.3) is 0 Å². The first-order valence-electron chi connectivity index (χ1n) is 6.41. The molecule has 0 saturated heterocycles. The lowest BCUT2D eigenvalue weighted by atomic mass is 10.2. The molecule has 0 unspecified atom stereocenters. The number of rotatable bonds is 8. The number of carboxylic acids is 1. The van der Waals surface area contributed by atoms with Gasteiger partial charge in [0.1, 0.15) is 0 Å². The van der Waals surface area contributed by atoms with Gasteiger partial charge in [-0.3, -0.25) is 9.59 Å². The lowest BCUT2D eigenvalue weighted by Crippen LogP contribution is -2.47. The Morgan fingerprint density at radius 2 is 1.84 bits per heavy atom. The highest BCUT2D eigenvalue weighted by molar-refractivity contribution is 5.84. The van der Waals surface area contributed by atoms with Crippen molar-refractivity contribution in [2.45, 2.75) is 39.7 Å². The van der Waals surface area contributed by atoms with Crippen LogP contribution in [0.5, 0.6) is 0 Å². The molecule has 0 bridgehead atoms. The summed E-state index contributed by atoms with van der Waals surface area (Å²) in [4.78, 5) is 35.0. The van der Waals surface area contributed by atoms with Crippen LogP contribution in [0.1, 0.15) is 33.6 Å². The number of carboxylic acid groups (broad SMARTS) is 1. The Hall–Kier alpha value is -1.79. The minimum absolute atomic E-state index is 0.0207. The Balaban J connectivity index is 4.18. The zero-order valence-corrected chi connectivity index (χ0v) is 11.7. The lowest BCUT2D eigenvalue weighted by molar-refractivity contribution is -0.137. The van der Waals surface area contributed by atoms with E-state index in [9.17, 15) is 14.4 Å². The number of carbonyl (C=O) groups excluding carboxylic acids is 2. The van der Waals surface area contributed by atoms with Crippen LogP contribution < -0.4 is 10.6 Å². The van der Waals surface area contributed by atoms with Crippen molar-refractivity contribution in [1.82, 2.24) is 15.5 Å². The number of likely N-dealkylation sites (N-methyl/N-ethyl adjacent to an activating group) is 1. The van der Waals surface area contributed by atoms with Crippen molar-refractivity contribution in [3.63, 3.8) is 0 Å². The van der Waals surface area contributed by atoms with Crippen molar-refractivity contribution in [1.29, 1.82) is 0 Å². The average molecular weight is 273 g/mol. The summed E-state index contributed by atoms with van der Waals surface area (Å²) in [7, 11) is 0. The fraction of sp³-hybridized carbons (Fsp3) is 0.750. The first-order chi connectivity index (χ1) is 8.88. The van der Waals surface area contributed by atoms with Gasteiger partial charge in [-0.1, -0.05) is 0 Å². The lowest BCUT2D eigenvalue weighted by Gasteiger charge is -2.26. The molecule has 0 radical (unpaired) electrons. The van der Waals surface area contributed by atoms with Crippen LogP contribution in [0, 0.1) is 0 Å². The number of nitrogens with zero attached hydrogens (tertiary/aromatic N) is 1. The van der Waals surface area contributed by atoms with Gasteiger partial charge in [0.25, 0.3) is 0 Å². The maximum Gasteiger partial charge on any atom is 0.318 e. The molecule has 3 amide bonds. The summed E-state index contributed by atoms with van der Waals surface area (Å²) >= 11 is 0. The maximum atomic E-state index is 11.9. The third-order valence-corrected chi connectivity index (χ3v) is 2.45. The second kappa shape index (κ2) is 9.18. The molecule has 0 saturated carbocycles. The van der Waals surface area contributed by atoms with Crippen LogP contribution in [0.4, 0.5) is 4.79 Å². The molecule has 0 spiro atoms. The minimum Gasteiger partial charge on any atom is -0.481 e. The second-order valence-electron chi connectivity index (χ2n) is 4.40. The van der Waals surface area contributed by atoms with E-state index in [0.717, 1.165) is 0 Å². The third-order valence-electron chi connectivity index (χ3n) is 2.45. The van der Waals surface area contributed by atoms with Crippen LogP contribution in [0.3, 0.4) is 0 Å². The van der Waals surface area contributed by atoms with Crippen molar-refractivity contribution in [2.24, 2.45) is 0 Å². The first kappa shape index (κ1) is 17.2. The molecule has 0 aromatic rings. The Labute approximate surface area is 113 Å². The summed E-state index contributed by atoms with van der Waals surface area (Å²) in [6.45, 7) is 6.27. The molecule has 0 aliphatic rings. The molecule has 7 nitrogen and oxygen atoms in total. The number of amides is 3. The van der Waals surface area contributed by atoms with Gasteiger partial charge in [0.05, 0.1) is 6.54 Å². The molecule has 0 heterocycles. The summed E-state index contributed by atoms with van der Waals surface area (Å²) < 4.78 is 0. The van der Waals surface area contributed by atoms with Gasteiger partial charge in [0.2, 0.25) is 5.91 Å². The number of carbonyl (C=O) groups is 3. The molecule has 0 aromatic heterocycles. The summed E-state index contributed by atoms with van der Waals surface area (Å²) in [5.74, 6) is -1.13. The van der Waals surface area contributed by atoms with Crippen molar-refractivity contribution >= 4 is 17.9 Å². The third kappa shape index (κ3) is 8.01. The number of hydrogen-bond acceptors (Lipinski definition) is 3. The van der Waals surface area contributed by atoms with E-state index in [2.05, 4.69) is 10.6 Å². The highest BCUT2D eigenvalue weighted by atomic mass is 16.4. The van der Waals surface area contributed by atoms with Crippen molar-refractivity contribution in [3.8, 4) is 0 Å². The van der Waals surface area contributed by atoms with E-state index in [0.29, 0.717) is 19.5 Å². The zero-order chi connectivity index (χ0) is 14.8. The highest BCUT2D eigenvalue weighted by Gasteiger charge is 2.17. The minimum atomic E-state index is -0.883. The largest absolute Gasteiger partial charge is 0.481 e. The molecule has 0 rings (SSSR count). The fourth-order valence-electron chi connectivity index (χ4n) is 1.51. The Morgan fingerprint density at radius 3 is 2.32 bits per heavy atom. The average Bonchev–Trinajstić information content (AvgIpc) is 2.31. The van der Waals surface area contributed by atoms with Crippen LogP contribution >= 0.6 is 0 Å². The molecule has 0 aliphatic carbocycles. The van der Waals surface area contributed by atoms with E-state index in [4.69, 9.17) is 5.11 Å². The molecule has 110 valence electrons.